The number of anilines is 1. The average Bonchev–Trinajstić information content (AvgIpc) is 2.54. The minimum atomic E-state index is 0.538. The molecule has 6 heteroatoms. The number of methoxy groups -OCH3 is 3. The van der Waals surface area contributed by atoms with Crippen molar-refractivity contribution < 1.29 is 14.2 Å². The molecule has 0 fully saturated rings. The van der Waals surface area contributed by atoms with Crippen LogP contribution in [0.25, 0.3) is 0 Å². The molecule has 0 aromatic heterocycles. The Morgan fingerprint density at radius 3 is 2.09 bits per heavy atom. The molecule has 0 radical (unpaired) electrons. The first-order valence-corrected chi connectivity index (χ1v) is 7.32. The van der Waals surface area contributed by atoms with E-state index < -0.39 is 0 Å². The Labute approximate surface area is 139 Å². The molecule has 0 heterocycles. The highest BCUT2D eigenvalue weighted by Gasteiger charge is 2.13. The van der Waals surface area contributed by atoms with Gasteiger partial charge in [0.05, 0.1) is 32.0 Å². The van der Waals surface area contributed by atoms with Crippen molar-refractivity contribution in [1.82, 2.24) is 0 Å². The van der Waals surface area contributed by atoms with Crippen molar-refractivity contribution in [2.45, 2.75) is 6.54 Å². The first kappa shape index (κ1) is 16.6. The summed E-state index contributed by atoms with van der Waals surface area (Å²) in [4.78, 5) is 0. The van der Waals surface area contributed by atoms with Crippen LogP contribution in [0, 0.1) is 0 Å². The molecule has 2 aromatic carbocycles. The summed E-state index contributed by atoms with van der Waals surface area (Å²) in [5, 5.41) is 4.47. The van der Waals surface area contributed by atoms with Crippen LogP contribution in [0.1, 0.15) is 5.56 Å². The van der Waals surface area contributed by atoms with Crippen LogP contribution in [0.3, 0.4) is 0 Å². The van der Waals surface area contributed by atoms with Crippen molar-refractivity contribution in [2.24, 2.45) is 0 Å². The van der Waals surface area contributed by atoms with Crippen LogP contribution in [-0.4, -0.2) is 21.3 Å². The zero-order valence-corrected chi connectivity index (χ0v) is 14.1. The number of hydrogen-bond acceptors (Lipinski definition) is 4. The molecule has 0 bridgehead atoms. The standard InChI is InChI=1S/C16H17Cl2NO3/c1-20-14-6-10(7-15(21-2)16(14)22-3)9-19-13-8-11(17)4-5-12(13)18/h4-8,19H,9H2,1-3H3. The fourth-order valence-corrected chi connectivity index (χ4v) is 2.42. The lowest BCUT2D eigenvalue weighted by molar-refractivity contribution is 0.324. The van der Waals surface area contributed by atoms with E-state index in [1.165, 1.54) is 0 Å². The maximum absolute atomic E-state index is 6.14. The van der Waals surface area contributed by atoms with Gasteiger partial charge in [0.15, 0.2) is 11.5 Å². The van der Waals surface area contributed by atoms with E-state index in [9.17, 15) is 0 Å². The van der Waals surface area contributed by atoms with Crippen LogP contribution in [-0.2, 0) is 6.54 Å². The third kappa shape index (κ3) is 3.70. The highest BCUT2D eigenvalue weighted by molar-refractivity contribution is 6.35. The van der Waals surface area contributed by atoms with Crippen molar-refractivity contribution in [1.29, 1.82) is 0 Å². The van der Waals surface area contributed by atoms with Gasteiger partial charge in [-0.05, 0) is 35.9 Å². The summed E-state index contributed by atoms with van der Waals surface area (Å²) in [5.74, 6) is 1.78. The maximum Gasteiger partial charge on any atom is 0.203 e. The Hall–Kier alpha value is -1.78. The van der Waals surface area contributed by atoms with Gasteiger partial charge in [0.25, 0.3) is 0 Å². The van der Waals surface area contributed by atoms with Gasteiger partial charge in [0, 0.05) is 11.6 Å². The molecule has 0 aliphatic heterocycles. The predicted molar refractivity (Wildman–Crippen MR) is 89.9 cm³/mol. The summed E-state index contributed by atoms with van der Waals surface area (Å²) in [6.45, 7) is 0.538. The van der Waals surface area contributed by atoms with E-state index in [0.29, 0.717) is 33.8 Å². The molecule has 0 unspecified atom stereocenters. The van der Waals surface area contributed by atoms with Crippen molar-refractivity contribution in [2.75, 3.05) is 26.6 Å². The Bertz CT molecular complexity index is 637. The van der Waals surface area contributed by atoms with Gasteiger partial charge in [0.2, 0.25) is 5.75 Å². The molecule has 2 rings (SSSR count). The molecular formula is C16H17Cl2NO3. The molecule has 0 spiro atoms. The van der Waals surface area contributed by atoms with Gasteiger partial charge in [-0.3, -0.25) is 0 Å². The Morgan fingerprint density at radius 1 is 0.909 bits per heavy atom. The van der Waals surface area contributed by atoms with Crippen molar-refractivity contribution >= 4 is 28.9 Å². The SMILES string of the molecule is COc1cc(CNc2cc(Cl)ccc2Cl)cc(OC)c1OC. The van der Waals surface area contributed by atoms with E-state index in [2.05, 4.69) is 5.32 Å². The zero-order chi connectivity index (χ0) is 16.1. The van der Waals surface area contributed by atoms with Gasteiger partial charge in [-0.1, -0.05) is 23.2 Å². The first-order chi connectivity index (χ1) is 10.6. The van der Waals surface area contributed by atoms with Crippen molar-refractivity contribution in [3.8, 4) is 17.2 Å². The van der Waals surface area contributed by atoms with Crippen LogP contribution in [0.4, 0.5) is 5.69 Å². The molecule has 118 valence electrons. The van der Waals surface area contributed by atoms with Gasteiger partial charge in [-0.2, -0.15) is 0 Å². The van der Waals surface area contributed by atoms with E-state index in [0.717, 1.165) is 11.3 Å². The monoisotopic (exact) mass is 341 g/mol. The van der Waals surface area contributed by atoms with Crippen LogP contribution >= 0.6 is 23.2 Å². The second-order valence-corrected chi connectivity index (χ2v) is 5.35. The molecular weight excluding hydrogens is 325 g/mol. The molecule has 1 N–H and O–H groups in total. The van der Waals surface area contributed by atoms with Crippen LogP contribution in [0.15, 0.2) is 30.3 Å². The van der Waals surface area contributed by atoms with Crippen LogP contribution in [0.2, 0.25) is 10.0 Å². The number of nitrogens with one attached hydrogen (secondary N) is 1. The van der Waals surface area contributed by atoms with Gasteiger partial charge in [-0.15, -0.1) is 0 Å². The summed E-state index contributed by atoms with van der Waals surface area (Å²) >= 11 is 12.1. The van der Waals surface area contributed by atoms with Gasteiger partial charge in [0.1, 0.15) is 0 Å². The molecule has 22 heavy (non-hydrogen) atoms. The lowest BCUT2D eigenvalue weighted by atomic mass is 10.1. The minimum absolute atomic E-state index is 0.538. The molecule has 4 nitrogen and oxygen atoms in total. The minimum Gasteiger partial charge on any atom is -0.493 e. The second-order valence-electron chi connectivity index (χ2n) is 4.51. The fourth-order valence-electron chi connectivity index (χ4n) is 2.07. The molecule has 2 aromatic rings. The van der Waals surface area contributed by atoms with Crippen molar-refractivity contribution in [3.05, 3.63) is 45.9 Å². The highest BCUT2D eigenvalue weighted by Crippen LogP contribution is 2.38. The third-order valence-corrected chi connectivity index (χ3v) is 3.70. The quantitative estimate of drug-likeness (QED) is 0.831. The smallest absolute Gasteiger partial charge is 0.203 e. The zero-order valence-electron chi connectivity index (χ0n) is 12.6. The molecule has 0 atom stereocenters. The van der Waals surface area contributed by atoms with Gasteiger partial charge >= 0.3 is 0 Å². The summed E-state index contributed by atoms with van der Waals surface area (Å²) in [6, 6.07) is 9.04. The van der Waals surface area contributed by atoms with Gasteiger partial charge < -0.3 is 19.5 Å². The summed E-state index contributed by atoms with van der Waals surface area (Å²) in [7, 11) is 4.74. The van der Waals surface area contributed by atoms with Gasteiger partial charge in [-0.25, -0.2) is 0 Å². The van der Waals surface area contributed by atoms with Crippen molar-refractivity contribution in [3.63, 3.8) is 0 Å². The average molecular weight is 342 g/mol. The van der Waals surface area contributed by atoms with Crippen LogP contribution < -0.4 is 19.5 Å². The number of ether oxygens (including phenoxy) is 3. The first-order valence-electron chi connectivity index (χ1n) is 6.56. The Kier molecular flexibility index (Phi) is 5.63. The molecule has 0 aliphatic rings. The molecule has 0 saturated heterocycles. The molecule has 0 saturated carbocycles. The highest BCUT2D eigenvalue weighted by atomic mass is 35.5. The number of hydrogen-bond donors (Lipinski definition) is 1. The second kappa shape index (κ2) is 7.47. The summed E-state index contributed by atoms with van der Waals surface area (Å²) in [5.41, 5.74) is 1.73. The summed E-state index contributed by atoms with van der Waals surface area (Å²) in [6.07, 6.45) is 0. The third-order valence-electron chi connectivity index (χ3n) is 3.14. The van der Waals surface area contributed by atoms with Crippen LogP contribution in [0.5, 0.6) is 17.2 Å². The lowest BCUT2D eigenvalue weighted by Crippen LogP contribution is -2.02. The summed E-state index contributed by atoms with van der Waals surface area (Å²) < 4.78 is 16.0. The van der Waals surface area contributed by atoms with E-state index in [-0.39, 0.29) is 0 Å². The van der Waals surface area contributed by atoms with E-state index in [4.69, 9.17) is 37.4 Å². The maximum atomic E-state index is 6.14. The Balaban J connectivity index is 2.24. The topological polar surface area (TPSA) is 39.7 Å². The molecule has 0 aliphatic carbocycles. The van der Waals surface area contributed by atoms with E-state index in [1.807, 2.05) is 12.1 Å². The van der Waals surface area contributed by atoms with E-state index >= 15 is 0 Å². The lowest BCUT2D eigenvalue weighted by Gasteiger charge is -2.15. The number of halogens is 2. The predicted octanol–water partition coefficient (Wildman–Crippen LogP) is 4.63. The number of rotatable bonds is 6. The Morgan fingerprint density at radius 2 is 1.55 bits per heavy atom. The largest absolute Gasteiger partial charge is 0.493 e. The van der Waals surface area contributed by atoms with E-state index in [1.54, 1.807) is 39.5 Å². The fraction of sp³-hybridized carbons (Fsp3) is 0.250. The molecule has 0 amide bonds. The normalized spacial score (nSPS) is 10.2. The number of benzene rings is 2.